The fourth-order valence-corrected chi connectivity index (χ4v) is 4.49. The van der Waals surface area contributed by atoms with Gasteiger partial charge in [0.05, 0.1) is 17.2 Å². The zero-order chi connectivity index (χ0) is 20.3. The van der Waals surface area contributed by atoms with Crippen molar-refractivity contribution in [2.75, 3.05) is 19.8 Å². The number of carbonyl (C=O) groups is 1. The van der Waals surface area contributed by atoms with Crippen LogP contribution in [-0.2, 0) is 6.61 Å². The Morgan fingerprint density at radius 1 is 1.13 bits per heavy atom. The molecule has 30 heavy (non-hydrogen) atoms. The molecule has 3 heterocycles. The van der Waals surface area contributed by atoms with Crippen molar-refractivity contribution in [1.29, 1.82) is 0 Å². The molecule has 0 N–H and O–H groups in total. The van der Waals surface area contributed by atoms with Crippen molar-refractivity contribution in [1.82, 2.24) is 9.88 Å². The molecule has 0 aliphatic carbocycles. The van der Waals surface area contributed by atoms with Gasteiger partial charge in [0.2, 0.25) is 0 Å². The van der Waals surface area contributed by atoms with Crippen LogP contribution in [0.15, 0.2) is 53.4 Å². The van der Waals surface area contributed by atoms with E-state index in [9.17, 15) is 4.79 Å². The largest absolute Gasteiger partial charge is 0.487 e. The van der Waals surface area contributed by atoms with Crippen molar-refractivity contribution < 1.29 is 19.0 Å². The number of aromatic nitrogens is 1. The van der Waals surface area contributed by atoms with Crippen molar-refractivity contribution in [3.8, 4) is 17.2 Å². The summed E-state index contributed by atoms with van der Waals surface area (Å²) in [6, 6.07) is 13.4. The number of fused-ring (bicyclic) bond motifs is 1. The molecule has 0 unspecified atom stereocenters. The number of hydrogen-bond acceptors (Lipinski definition) is 6. The Hall–Kier alpha value is -3.06. The highest BCUT2D eigenvalue weighted by Gasteiger charge is 2.31. The topological polar surface area (TPSA) is 60.9 Å². The summed E-state index contributed by atoms with van der Waals surface area (Å²) >= 11 is 1.54. The molecular formula is C23H22N2O4S. The first-order valence-electron chi connectivity index (χ1n) is 10.1. The molecule has 0 radical (unpaired) electrons. The molecule has 2 aliphatic rings. The Bertz CT molecular complexity index is 1020. The molecular weight excluding hydrogens is 400 g/mol. The number of nitrogens with zero attached hydrogens (tertiary/aromatic N) is 2. The number of ether oxygens (including phenoxy) is 3. The normalized spacial score (nSPS) is 17.7. The third kappa shape index (κ3) is 3.85. The molecule has 0 spiro atoms. The Morgan fingerprint density at radius 2 is 1.97 bits per heavy atom. The third-order valence-electron chi connectivity index (χ3n) is 5.44. The molecule has 1 saturated heterocycles. The van der Waals surface area contributed by atoms with Crippen LogP contribution in [0, 0.1) is 0 Å². The Labute approximate surface area is 179 Å². The second-order valence-corrected chi connectivity index (χ2v) is 8.07. The number of amides is 1. The van der Waals surface area contributed by atoms with E-state index in [1.165, 1.54) is 0 Å². The van der Waals surface area contributed by atoms with Gasteiger partial charge in [0.25, 0.3) is 5.91 Å². The van der Waals surface area contributed by atoms with Gasteiger partial charge in [-0.05, 0) is 54.8 Å². The molecule has 6 nitrogen and oxygen atoms in total. The summed E-state index contributed by atoms with van der Waals surface area (Å²) in [6.07, 6.45) is 1.93. The van der Waals surface area contributed by atoms with Gasteiger partial charge in [0.1, 0.15) is 25.6 Å². The van der Waals surface area contributed by atoms with Gasteiger partial charge >= 0.3 is 0 Å². The zero-order valence-electron chi connectivity index (χ0n) is 16.5. The van der Waals surface area contributed by atoms with E-state index < -0.39 is 0 Å². The number of hydrogen-bond donors (Lipinski definition) is 0. The smallest absolute Gasteiger partial charge is 0.254 e. The van der Waals surface area contributed by atoms with Gasteiger partial charge in [-0.15, -0.1) is 11.3 Å². The summed E-state index contributed by atoms with van der Waals surface area (Å²) in [7, 11) is 0. The van der Waals surface area contributed by atoms with Crippen LogP contribution in [0.5, 0.6) is 17.2 Å². The average Bonchev–Trinajstić information content (AvgIpc) is 3.49. The lowest BCUT2D eigenvalue weighted by Crippen LogP contribution is -2.30. The molecule has 0 saturated carbocycles. The van der Waals surface area contributed by atoms with Crippen molar-refractivity contribution in [2.45, 2.75) is 25.5 Å². The molecule has 5 rings (SSSR count). The minimum atomic E-state index is 0.0402. The standard InChI is InChI=1S/C23H22N2O4S/c26-23(16-3-6-19(7-4-16)29-13-18-14-30-15-24-18)25-9-1-2-20(25)17-5-8-21-22(12-17)28-11-10-27-21/h3-8,12,14-15,20H,1-2,9-11,13H2/t20-/m0/s1. The van der Waals surface area contributed by atoms with Gasteiger partial charge in [0.15, 0.2) is 11.5 Å². The summed E-state index contributed by atoms with van der Waals surface area (Å²) in [5.41, 5.74) is 4.45. The lowest BCUT2D eigenvalue weighted by Gasteiger charge is -2.27. The minimum Gasteiger partial charge on any atom is -0.487 e. The van der Waals surface area contributed by atoms with Crippen LogP contribution in [0.3, 0.4) is 0 Å². The number of thiazole rings is 1. The van der Waals surface area contributed by atoms with Crippen LogP contribution in [0.1, 0.15) is 40.5 Å². The van der Waals surface area contributed by atoms with E-state index in [0.29, 0.717) is 25.4 Å². The first kappa shape index (κ1) is 18.9. The van der Waals surface area contributed by atoms with Gasteiger partial charge in [-0.1, -0.05) is 6.07 Å². The molecule has 1 aromatic heterocycles. The molecule has 154 valence electrons. The Balaban J connectivity index is 1.29. The van der Waals surface area contributed by atoms with Gasteiger partial charge in [-0.2, -0.15) is 0 Å². The molecule has 1 fully saturated rings. The van der Waals surface area contributed by atoms with E-state index in [1.807, 2.05) is 52.7 Å². The summed E-state index contributed by atoms with van der Waals surface area (Å²) < 4.78 is 17.1. The fraction of sp³-hybridized carbons (Fsp3) is 0.304. The Morgan fingerprint density at radius 3 is 2.77 bits per heavy atom. The summed E-state index contributed by atoms with van der Waals surface area (Å²) in [4.78, 5) is 19.4. The van der Waals surface area contributed by atoms with E-state index in [4.69, 9.17) is 14.2 Å². The monoisotopic (exact) mass is 422 g/mol. The maximum atomic E-state index is 13.2. The highest BCUT2D eigenvalue weighted by molar-refractivity contribution is 7.07. The van der Waals surface area contributed by atoms with Crippen LogP contribution in [0.2, 0.25) is 0 Å². The summed E-state index contributed by atoms with van der Waals surface area (Å²) in [5.74, 6) is 2.30. The van der Waals surface area contributed by atoms with E-state index in [2.05, 4.69) is 4.98 Å². The van der Waals surface area contributed by atoms with Gasteiger partial charge in [-0.25, -0.2) is 4.98 Å². The highest BCUT2D eigenvalue weighted by atomic mass is 32.1. The molecule has 7 heteroatoms. The minimum absolute atomic E-state index is 0.0402. The second kappa shape index (κ2) is 8.36. The predicted octanol–water partition coefficient (Wildman–Crippen LogP) is 4.47. The second-order valence-electron chi connectivity index (χ2n) is 7.35. The molecule has 2 aliphatic heterocycles. The highest BCUT2D eigenvalue weighted by Crippen LogP contribution is 2.38. The molecule has 0 bridgehead atoms. The quantitative estimate of drug-likeness (QED) is 0.607. The van der Waals surface area contributed by atoms with E-state index in [-0.39, 0.29) is 11.9 Å². The summed E-state index contributed by atoms with van der Waals surface area (Å²) in [5, 5.41) is 1.96. The van der Waals surface area contributed by atoms with E-state index >= 15 is 0 Å². The van der Waals surface area contributed by atoms with E-state index in [0.717, 1.165) is 47.9 Å². The Kier molecular flexibility index (Phi) is 5.27. The van der Waals surface area contributed by atoms with Gasteiger partial charge in [-0.3, -0.25) is 4.79 Å². The van der Waals surface area contributed by atoms with Crippen molar-refractivity contribution in [3.63, 3.8) is 0 Å². The SMILES string of the molecule is O=C(c1ccc(OCc2cscn2)cc1)N1CCC[C@H]1c1ccc2c(c1)OCCO2. The maximum Gasteiger partial charge on any atom is 0.254 e. The van der Waals surface area contributed by atoms with Gasteiger partial charge in [0, 0.05) is 17.5 Å². The van der Waals surface area contributed by atoms with Crippen LogP contribution in [-0.4, -0.2) is 35.5 Å². The lowest BCUT2D eigenvalue weighted by atomic mass is 10.0. The molecule has 1 atom stereocenters. The average molecular weight is 423 g/mol. The van der Waals surface area contributed by atoms with Crippen LogP contribution in [0.25, 0.3) is 0 Å². The van der Waals surface area contributed by atoms with Crippen molar-refractivity contribution in [3.05, 3.63) is 70.2 Å². The van der Waals surface area contributed by atoms with Crippen LogP contribution in [0.4, 0.5) is 0 Å². The predicted molar refractivity (Wildman–Crippen MR) is 113 cm³/mol. The maximum absolute atomic E-state index is 13.2. The molecule has 3 aromatic rings. The van der Waals surface area contributed by atoms with Crippen LogP contribution >= 0.6 is 11.3 Å². The summed E-state index contributed by atoms with van der Waals surface area (Å²) in [6.45, 7) is 2.31. The lowest BCUT2D eigenvalue weighted by molar-refractivity contribution is 0.0735. The fourth-order valence-electron chi connectivity index (χ4n) is 3.95. The third-order valence-corrected chi connectivity index (χ3v) is 6.07. The van der Waals surface area contributed by atoms with Crippen molar-refractivity contribution in [2.24, 2.45) is 0 Å². The van der Waals surface area contributed by atoms with Crippen LogP contribution < -0.4 is 14.2 Å². The first-order chi connectivity index (χ1) is 14.8. The number of benzene rings is 2. The molecule has 2 aromatic carbocycles. The zero-order valence-corrected chi connectivity index (χ0v) is 17.3. The number of rotatable bonds is 5. The molecule has 1 amide bonds. The number of carbonyl (C=O) groups excluding carboxylic acids is 1. The number of likely N-dealkylation sites (tertiary alicyclic amines) is 1. The van der Waals surface area contributed by atoms with E-state index in [1.54, 1.807) is 16.8 Å². The first-order valence-corrected chi connectivity index (χ1v) is 11.0. The van der Waals surface area contributed by atoms with Crippen molar-refractivity contribution >= 4 is 17.2 Å². The van der Waals surface area contributed by atoms with Gasteiger partial charge < -0.3 is 19.1 Å².